The van der Waals surface area contributed by atoms with Crippen molar-refractivity contribution in [3.8, 4) is 0 Å². The molecule has 0 amide bonds. The maximum atomic E-state index is 12.5. The van der Waals surface area contributed by atoms with Crippen LogP contribution in [-0.4, -0.2) is 25.5 Å². The summed E-state index contributed by atoms with van der Waals surface area (Å²) < 4.78 is 32.6. The maximum Gasteiger partial charge on any atom is 0.336 e. The molecular weight excluding hydrogens is 334 g/mol. The van der Waals surface area contributed by atoms with Gasteiger partial charge in [0.25, 0.3) is 0 Å². The van der Waals surface area contributed by atoms with Crippen LogP contribution in [0.5, 0.6) is 0 Å². The molecule has 2 N–H and O–H groups in total. The average molecular weight is 351 g/mol. The number of hydrogen-bond acceptors (Lipinski definition) is 5. The molecule has 1 heterocycles. The van der Waals surface area contributed by atoms with E-state index < -0.39 is 27.5 Å². The number of rotatable bonds is 4. The zero-order valence-electron chi connectivity index (χ0n) is 12.8. The Morgan fingerprint density at radius 2 is 1.83 bits per heavy atom. The van der Waals surface area contributed by atoms with Crippen LogP contribution in [0.15, 0.2) is 44.4 Å². The molecule has 0 saturated heterocycles. The van der Waals surface area contributed by atoms with Crippen LogP contribution in [0, 0.1) is 5.92 Å². The first-order chi connectivity index (χ1) is 11.3. The molecule has 1 aliphatic rings. The van der Waals surface area contributed by atoms with Gasteiger partial charge in [-0.25, -0.2) is 17.9 Å². The van der Waals surface area contributed by atoms with Gasteiger partial charge in [-0.15, -0.1) is 0 Å². The highest BCUT2D eigenvalue weighted by molar-refractivity contribution is 7.89. The number of benzene rings is 1. The molecule has 1 aromatic carbocycles. The first kappa shape index (κ1) is 16.7. The van der Waals surface area contributed by atoms with Crippen molar-refractivity contribution in [3.05, 3.63) is 40.8 Å². The maximum absolute atomic E-state index is 12.5. The van der Waals surface area contributed by atoms with Crippen LogP contribution < -0.4 is 10.3 Å². The second-order valence-electron chi connectivity index (χ2n) is 5.96. The predicted octanol–water partition coefficient (Wildman–Crippen LogP) is 1.71. The third-order valence-electron chi connectivity index (χ3n) is 4.30. The van der Waals surface area contributed by atoms with E-state index in [0.29, 0.717) is 36.7 Å². The fourth-order valence-electron chi connectivity index (χ4n) is 2.96. The molecule has 128 valence electrons. The van der Waals surface area contributed by atoms with Gasteiger partial charge in [0, 0.05) is 17.5 Å². The number of fused-ring (bicyclic) bond motifs is 1. The molecule has 0 unspecified atom stereocenters. The summed E-state index contributed by atoms with van der Waals surface area (Å²) in [6.45, 7) is 0. The Morgan fingerprint density at radius 1 is 1.12 bits per heavy atom. The number of aliphatic carboxylic acids is 1. The SMILES string of the molecule is O=C(O)C1CCC(NS(=O)(=O)c2ccc3oc(=O)ccc3c2)CC1. The van der Waals surface area contributed by atoms with Gasteiger partial charge < -0.3 is 9.52 Å². The second kappa shape index (κ2) is 6.37. The summed E-state index contributed by atoms with van der Waals surface area (Å²) in [6, 6.07) is 6.76. The summed E-state index contributed by atoms with van der Waals surface area (Å²) in [5.41, 5.74) is -0.171. The topological polar surface area (TPSA) is 114 Å². The molecule has 3 rings (SSSR count). The largest absolute Gasteiger partial charge is 0.481 e. The molecule has 1 fully saturated rings. The first-order valence-corrected chi connectivity index (χ1v) is 9.12. The van der Waals surface area contributed by atoms with Crippen molar-refractivity contribution in [1.29, 1.82) is 0 Å². The Morgan fingerprint density at radius 3 is 2.50 bits per heavy atom. The van der Waals surface area contributed by atoms with Gasteiger partial charge in [0.1, 0.15) is 5.58 Å². The smallest absolute Gasteiger partial charge is 0.336 e. The van der Waals surface area contributed by atoms with E-state index in [0.717, 1.165) is 0 Å². The Kier molecular flexibility index (Phi) is 4.42. The average Bonchev–Trinajstić information content (AvgIpc) is 2.54. The molecule has 2 aromatic rings. The molecule has 0 radical (unpaired) electrons. The highest BCUT2D eigenvalue weighted by Crippen LogP contribution is 2.26. The Hall–Kier alpha value is -2.19. The van der Waals surface area contributed by atoms with E-state index in [4.69, 9.17) is 9.52 Å². The highest BCUT2D eigenvalue weighted by atomic mass is 32.2. The molecule has 1 aliphatic carbocycles. The zero-order valence-corrected chi connectivity index (χ0v) is 13.6. The Balaban J connectivity index is 1.77. The van der Waals surface area contributed by atoms with Gasteiger partial charge in [-0.1, -0.05) is 0 Å². The molecule has 1 aromatic heterocycles. The fraction of sp³-hybridized carbons (Fsp3) is 0.375. The van der Waals surface area contributed by atoms with Gasteiger partial charge >= 0.3 is 11.6 Å². The summed E-state index contributed by atoms with van der Waals surface area (Å²) in [5, 5.41) is 9.51. The van der Waals surface area contributed by atoms with Crippen LogP contribution in [0.3, 0.4) is 0 Å². The molecule has 0 spiro atoms. The lowest BCUT2D eigenvalue weighted by Gasteiger charge is -2.26. The number of hydrogen-bond donors (Lipinski definition) is 2. The number of sulfonamides is 1. The number of carboxylic acid groups (broad SMARTS) is 1. The van der Waals surface area contributed by atoms with Gasteiger partial charge in [0.05, 0.1) is 10.8 Å². The van der Waals surface area contributed by atoms with Gasteiger partial charge in [-0.3, -0.25) is 4.79 Å². The number of nitrogens with one attached hydrogen (secondary N) is 1. The van der Waals surface area contributed by atoms with Gasteiger partial charge in [-0.05, 0) is 49.9 Å². The summed E-state index contributed by atoms with van der Waals surface area (Å²) >= 11 is 0. The van der Waals surface area contributed by atoms with Crippen LogP contribution in [0.25, 0.3) is 11.0 Å². The van der Waals surface area contributed by atoms with Crippen LogP contribution in [-0.2, 0) is 14.8 Å². The van der Waals surface area contributed by atoms with Gasteiger partial charge in [-0.2, -0.15) is 0 Å². The summed E-state index contributed by atoms with van der Waals surface area (Å²) in [6.07, 6.45) is 1.92. The Labute approximate surface area is 138 Å². The minimum absolute atomic E-state index is 0.0872. The number of carbonyl (C=O) groups is 1. The first-order valence-electron chi connectivity index (χ1n) is 7.64. The molecule has 7 nitrogen and oxygen atoms in total. The third-order valence-corrected chi connectivity index (χ3v) is 5.82. The molecule has 0 aliphatic heterocycles. The van der Waals surface area contributed by atoms with E-state index in [9.17, 15) is 18.0 Å². The van der Waals surface area contributed by atoms with E-state index in [2.05, 4.69) is 4.72 Å². The van der Waals surface area contributed by atoms with Crippen LogP contribution in [0.4, 0.5) is 0 Å². The lowest BCUT2D eigenvalue weighted by atomic mass is 9.87. The van der Waals surface area contributed by atoms with E-state index >= 15 is 0 Å². The standard InChI is InChI=1S/C16H17NO6S/c18-15-8-3-11-9-13(6-7-14(11)23-15)24(21,22)17-12-4-1-10(2-5-12)16(19)20/h3,6-10,12,17H,1-2,4-5H2,(H,19,20). The quantitative estimate of drug-likeness (QED) is 0.811. The zero-order chi connectivity index (χ0) is 17.3. The van der Waals surface area contributed by atoms with Gasteiger partial charge in [0.15, 0.2) is 0 Å². The van der Waals surface area contributed by atoms with Gasteiger partial charge in [0.2, 0.25) is 10.0 Å². The van der Waals surface area contributed by atoms with Crippen molar-refractivity contribution in [2.24, 2.45) is 5.92 Å². The summed E-state index contributed by atoms with van der Waals surface area (Å²) in [4.78, 5) is 22.2. The second-order valence-corrected chi connectivity index (χ2v) is 7.68. The molecule has 1 saturated carbocycles. The van der Waals surface area contributed by atoms with Crippen LogP contribution in [0.1, 0.15) is 25.7 Å². The van der Waals surface area contributed by atoms with Crippen LogP contribution in [0.2, 0.25) is 0 Å². The lowest BCUT2D eigenvalue weighted by Crippen LogP contribution is -2.38. The third kappa shape index (κ3) is 3.49. The van der Waals surface area contributed by atoms with Crippen molar-refractivity contribution in [1.82, 2.24) is 4.72 Å². The molecular formula is C16H17NO6S. The van der Waals surface area contributed by atoms with Crippen molar-refractivity contribution in [2.45, 2.75) is 36.6 Å². The predicted molar refractivity (Wildman–Crippen MR) is 86.2 cm³/mol. The highest BCUT2D eigenvalue weighted by Gasteiger charge is 2.28. The van der Waals surface area contributed by atoms with E-state index in [1.54, 1.807) is 0 Å². The molecule has 8 heteroatoms. The van der Waals surface area contributed by atoms with E-state index in [1.165, 1.54) is 30.3 Å². The van der Waals surface area contributed by atoms with Crippen molar-refractivity contribution < 1.29 is 22.7 Å². The van der Waals surface area contributed by atoms with Crippen LogP contribution >= 0.6 is 0 Å². The normalized spacial score (nSPS) is 21.7. The minimum Gasteiger partial charge on any atom is -0.481 e. The van der Waals surface area contributed by atoms with Crippen molar-refractivity contribution >= 4 is 27.0 Å². The van der Waals surface area contributed by atoms with E-state index in [-0.39, 0.29) is 10.9 Å². The Bertz CT molecular complexity index is 925. The fourth-order valence-corrected chi connectivity index (χ4v) is 4.30. The molecule has 0 bridgehead atoms. The monoisotopic (exact) mass is 351 g/mol. The minimum atomic E-state index is -3.72. The molecule has 24 heavy (non-hydrogen) atoms. The van der Waals surface area contributed by atoms with E-state index in [1.807, 2.05) is 0 Å². The molecule has 0 atom stereocenters. The summed E-state index contributed by atoms with van der Waals surface area (Å²) in [5.74, 6) is -1.22. The number of carboxylic acids is 1. The summed E-state index contributed by atoms with van der Waals surface area (Å²) in [7, 11) is -3.72. The lowest BCUT2D eigenvalue weighted by molar-refractivity contribution is -0.142. The van der Waals surface area contributed by atoms with Crippen molar-refractivity contribution in [3.63, 3.8) is 0 Å². The van der Waals surface area contributed by atoms with Crippen molar-refractivity contribution in [2.75, 3.05) is 0 Å².